The molecule has 128 valence electrons. The largest absolute Gasteiger partial charge is 0.438 e. The average Bonchev–Trinajstić information content (AvgIpc) is 3.07. The Bertz CT molecular complexity index is 1110. The fourth-order valence-electron chi connectivity index (χ4n) is 2.60. The Morgan fingerprint density at radius 2 is 1.88 bits per heavy atom. The van der Waals surface area contributed by atoms with Crippen LogP contribution >= 0.6 is 0 Å². The first-order valence-corrected chi connectivity index (χ1v) is 7.72. The first-order chi connectivity index (χ1) is 12.6. The normalized spacial score (nSPS) is 10.8. The Balaban J connectivity index is 1.72. The van der Waals surface area contributed by atoms with Crippen LogP contribution < -0.4 is 11.1 Å². The first-order valence-electron chi connectivity index (χ1n) is 7.72. The molecule has 0 unspecified atom stereocenters. The molecule has 0 spiro atoms. The van der Waals surface area contributed by atoms with Gasteiger partial charge in [0.1, 0.15) is 17.9 Å². The lowest BCUT2D eigenvalue weighted by molar-refractivity contribution is -0.384. The number of non-ortho nitro benzene ring substituents is 1. The zero-order valence-corrected chi connectivity index (χ0v) is 13.4. The number of nitrogens with zero attached hydrogens (tertiary/aromatic N) is 3. The van der Waals surface area contributed by atoms with Crippen LogP contribution in [-0.4, -0.2) is 14.9 Å². The van der Waals surface area contributed by atoms with Gasteiger partial charge in [0.15, 0.2) is 0 Å². The zero-order valence-electron chi connectivity index (χ0n) is 13.4. The van der Waals surface area contributed by atoms with Crippen molar-refractivity contribution in [1.82, 2.24) is 9.97 Å². The number of furan rings is 1. The van der Waals surface area contributed by atoms with Crippen LogP contribution in [0, 0.1) is 10.1 Å². The van der Waals surface area contributed by atoms with Crippen LogP contribution in [-0.2, 0) is 0 Å². The molecule has 2 aromatic carbocycles. The number of nitrogen functional groups attached to an aromatic ring is 1. The third-order valence-electron chi connectivity index (χ3n) is 3.84. The monoisotopic (exact) mass is 347 g/mol. The summed E-state index contributed by atoms with van der Waals surface area (Å²) in [6.45, 7) is 0. The van der Waals surface area contributed by atoms with Gasteiger partial charge >= 0.3 is 0 Å². The van der Waals surface area contributed by atoms with Crippen molar-refractivity contribution >= 4 is 34.0 Å². The Morgan fingerprint density at radius 3 is 2.62 bits per heavy atom. The number of benzene rings is 2. The molecular weight excluding hydrogens is 334 g/mol. The van der Waals surface area contributed by atoms with Crippen molar-refractivity contribution in [2.24, 2.45) is 0 Å². The molecule has 8 nitrogen and oxygen atoms in total. The van der Waals surface area contributed by atoms with E-state index in [0.29, 0.717) is 33.9 Å². The maximum absolute atomic E-state index is 10.8. The van der Waals surface area contributed by atoms with E-state index in [1.54, 1.807) is 30.3 Å². The predicted octanol–water partition coefficient (Wildman–Crippen LogP) is 4.12. The van der Waals surface area contributed by atoms with Gasteiger partial charge < -0.3 is 15.5 Å². The molecule has 4 rings (SSSR count). The van der Waals surface area contributed by atoms with Gasteiger partial charge in [0.05, 0.1) is 10.3 Å². The Hall–Kier alpha value is -3.94. The van der Waals surface area contributed by atoms with Gasteiger partial charge in [-0.25, -0.2) is 9.97 Å². The quantitative estimate of drug-likeness (QED) is 0.323. The number of hydrogen-bond donors (Lipinski definition) is 2. The standard InChI is InChI=1S/C18H13N5O3/c19-12-2-1-3-13(8-12)22-17-15-9-16(26-18(15)21-10-20-17)11-4-6-14(7-5-11)23(24)25/h1-10H,19H2,(H,20,21,22). The van der Waals surface area contributed by atoms with Crippen molar-refractivity contribution in [2.45, 2.75) is 0 Å². The Kier molecular flexibility index (Phi) is 3.70. The van der Waals surface area contributed by atoms with Gasteiger partial charge in [-0.3, -0.25) is 10.1 Å². The SMILES string of the molecule is Nc1cccc(Nc2ncnc3oc(-c4ccc([N+](=O)[O-])cc4)cc23)c1. The third-order valence-corrected chi connectivity index (χ3v) is 3.84. The lowest BCUT2D eigenvalue weighted by Crippen LogP contribution is -1.95. The van der Waals surface area contributed by atoms with Crippen molar-refractivity contribution in [1.29, 1.82) is 0 Å². The molecule has 4 aromatic rings. The summed E-state index contributed by atoms with van der Waals surface area (Å²) in [4.78, 5) is 18.7. The second-order valence-electron chi connectivity index (χ2n) is 5.61. The van der Waals surface area contributed by atoms with Crippen LogP contribution in [0.15, 0.2) is 65.3 Å². The number of nitrogens with two attached hydrogens (primary N) is 1. The number of nitrogens with one attached hydrogen (secondary N) is 1. The molecule has 2 aromatic heterocycles. The number of aromatic nitrogens is 2. The fourth-order valence-corrected chi connectivity index (χ4v) is 2.60. The minimum Gasteiger partial charge on any atom is -0.438 e. The molecule has 26 heavy (non-hydrogen) atoms. The molecule has 0 aliphatic carbocycles. The highest BCUT2D eigenvalue weighted by atomic mass is 16.6. The van der Waals surface area contributed by atoms with E-state index in [1.807, 2.05) is 12.1 Å². The lowest BCUT2D eigenvalue weighted by Gasteiger charge is -2.06. The molecule has 0 aliphatic rings. The zero-order chi connectivity index (χ0) is 18.1. The summed E-state index contributed by atoms with van der Waals surface area (Å²) in [5.41, 5.74) is 8.38. The number of anilines is 3. The fraction of sp³-hybridized carbons (Fsp3) is 0. The van der Waals surface area contributed by atoms with Crippen molar-refractivity contribution in [2.75, 3.05) is 11.1 Å². The van der Waals surface area contributed by atoms with Gasteiger partial charge in [-0.1, -0.05) is 6.07 Å². The molecule has 0 radical (unpaired) electrons. The van der Waals surface area contributed by atoms with E-state index >= 15 is 0 Å². The summed E-state index contributed by atoms with van der Waals surface area (Å²) in [6.07, 6.45) is 1.40. The van der Waals surface area contributed by atoms with Gasteiger partial charge in [0, 0.05) is 29.1 Å². The molecule has 0 saturated heterocycles. The van der Waals surface area contributed by atoms with Crippen LogP contribution in [0.25, 0.3) is 22.4 Å². The van der Waals surface area contributed by atoms with E-state index < -0.39 is 4.92 Å². The molecule has 0 saturated carbocycles. The Labute approximate surface area is 147 Å². The minimum absolute atomic E-state index is 0.0219. The molecular formula is C18H13N5O3. The van der Waals surface area contributed by atoms with Crippen molar-refractivity contribution in [3.05, 3.63) is 71.0 Å². The highest BCUT2D eigenvalue weighted by molar-refractivity contribution is 5.91. The van der Waals surface area contributed by atoms with Crippen molar-refractivity contribution < 1.29 is 9.34 Å². The van der Waals surface area contributed by atoms with E-state index in [1.165, 1.54) is 18.5 Å². The van der Waals surface area contributed by atoms with Crippen LogP contribution in [0.5, 0.6) is 0 Å². The van der Waals surface area contributed by atoms with Crippen LogP contribution in [0.1, 0.15) is 0 Å². The van der Waals surface area contributed by atoms with Crippen LogP contribution in [0.2, 0.25) is 0 Å². The summed E-state index contributed by atoms with van der Waals surface area (Å²) in [7, 11) is 0. The second kappa shape index (κ2) is 6.17. The second-order valence-corrected chi connectivity index (χ2v) is 5.61. The molecule has 0 amide bonds. The molecule has 0 fully saturated rings. The summed E-state index contributed by atoms with van der Waals surface area (Å²) in [5.74, 6) is 1.13. The summed E-state index contributed by atoms with van der Waals surface area (Å²) < 4.78 is 5.77. The van der Waals surface area contributed by atoms with Crippen molar-refractivity contribution in [3.8, 4) is 11.3 Å². The number of fused-ring (bicyclic) bond motifs is 1. The summed E-state index contributed by atoms with van der Waals surface area (Å²) in [6, 6.07) is 15.2. The highest BCUT2D eigenvalue weighted by Gasteiger charge is 2.13. The van der Waals surface area contributed by atoms with Gasteiger partial charge in [-0.05, 0) is 36.4 Å². The first kappa shape index (κ1) is 15.6. The maximum atomic E-state index is 10.8. The average molecular weight is 347 g/mol. The smallest absolute Gasteiger partial charge is 0.269 e. The number of rotatable bonds is 4. The third kappa shape index (κ3) is 2.91. The topological polar surface area (TPSA) is 120 Å². The van der Waals surface area contributed by atoms with Crippen molar-refractivity contribution in [3.63, 3.8) is 0 Å². The number of nitro groups is 1. The molecule has 3 N–H and O–H groups in total. The lowest BCUT2D eigenvalue weighted by atomic mass is 10.1. The summed E-state index contributed by atoms with van der Waals surface area (Å²) >= 11 is 0. The van der Waals surface area contributed by atoms with E-state index in [0.717, 1.165) is 5.69 Å². The maximum Gasteiger partial charge on any atom is 0.269 e. The molecule has 0 atom stereocenters. The van der Waals surface area contributed by atoms with Gasteiger partial charge in [-0.2, -0.15) is 0 Å². The van der Waals surface area contributed by atoms with Crippen LogP contribution in [0.3, 0.4) is 0 Å². The van der Waals surface area contributed by atoms with Gasteiger partial charge in [0.25, 0.3) is 5.69 Å². The van der Waals surface area contributed by atoms with Gasteiger partial charge in [0.2, 0.25) is 5.71 Å². The molecule has 8 heteroatoms. The highest BCUT2D eigenvalue weighted by Crippen LogP contribution is 2.32. The summed E-state index contributed by atoms with van der Waals surface area (Å²) in [5, 5.41) is 14.7. The molecule has 0 aliphatic heterocycles. The predicted molar refractivity (Wildman–Crippen MR) is 98.0 cm³/mol. The van der Waals surface area contributed by atoms with E-state index in [2.05, 4.69) is 15.3 Å². The van der Waals surface area contributed by atoms with E-state index in [4.69, 9.17) is 10.2 Å². The van der Waals surface area contributed by atoms with E-state index in [-0.39, 0.29) is 5.69 Å². The Morgan fingerprint density at radius 1 is 1.08 bits per heavy atom. The number of nitro benzene ring substituents is 1. The molecule has 2 heterocycles. The van der Waals surface area contributed by atoms with Gasteiger partial charge in [-0.15, -0.1) is 0 Å². The minimum atomic E-state index is -0.443. The number of hydrogen-bond acceptors (Lipinski definition) is 7. The van der Waals surface area contributed by atoms with Crippen LogP contribution in [0.4, 0.5) is 22.9 Å². The molecule has 0 bridgehead atoms. The van der Waals surface area contributed by atoms with E-state index in [9.17, 15) is 10.1 Å².